The third-order valence-electron chi connectivity index (χ3n) is 1.69. The zero-order valence-electron chi connectivity index (χ0n) is 8.57. The number of ether oxygens (including phenoxy) is 1. The summed E-state index contributed by atoms with van der Waals surface area (Å²) in [6.07, 6.45) is 0. The van der Waals surface area contributed by atoms with E-state index < -0.39 is 0 Å². The monoisotopic (exact) mass is 250 g/mol. The van der Waals surface area contributed by atoms with Gasteiger partial charge in [-0.25, -0.2) is 0 Å². The number of hydrogen-bond acceptors (Lipinski definition) is 5. The maximum absolute atomic E-state index is 5.65. The lowest BCUT2D eigenvalue weighted by atomic mass is 10.6. The molecule has 0 fully saturated rings. The lowest BCUT2D eigenvalue weighted by Crippen LogP contribution is -2.24. The summed E-state index contributed by atoms with van der Waals surface area (Å²) in [5.41, 5.74) is 0. The van der Waals surface area contributed by atoms with Crippen LogP contribution in [-0.2, 0) is 4.74 Å². The highest BCUT2D eigenvalue weighted by atomic mass is 35.5. The van der Waals surface area contributed by atoms with E-state index in [1.165, 1.54) is 0 Å². The summed E-state index contributed by atoms with van der Waals surface area (Å²) < 4.78 is 5.21. The molecule has 1 heterocycles. The van der Waals surface area contributed by atoms with Crippen molar-refractivity contribution in [1.82, 2.24) is 15.0 Å². The molecule has 0 spiro atoms. The third kappa shape index (κ3) is 4.15. The van der Waals surface area contributed by atoms with Gasteiger partial charge in [-0.05, 0) is 30.1 Å². The van der Waals surface area contributed by atoms with Crippen LogP contribution in [-0.4, -0.2) is 41.8 Å². The number of anilines is 1. The molecule has 0 radical (unpaired) electrons. The van der Waals surface area contributed by atoms with Gasteiger partial charge in [0, 0.05) is 20.2 Å². The van der Waals surface area contributed by atoms with E-state index in [-0.39, 0.29) is 10.6 Å². The lowest BCUT2D eigenvalue weighted by molar-refractivity contribution is 0.154. The first-order chi connectivity index (χ1) is 7.13. The molecule has 0 aliphatic rings. The quantitative estimate of drug-likeness (QED) is 0.745. The normalized spacial score (nSPS) is 10.4. The fraction of sp³-hybridized carbons (Fsp3) is 0.625. The van der Waals surface area contributed by atoms with Crippen LogP contribution in [0.4, 0.5) is 5.95 Å². The fourth-order valence-electron chi connectivity index (χ4n) is 0.933. The van der Waals surface area contributed by atoms with Crippen molar-refractivity contribution in [1.29, 1.82) is 0 Å². The largest absolute Gasteiger partial charge is 0.380 e. The fourth-order valence-corrected chi connectivity index (χ4v) is 1.29. The van der Waals surface area contributed by atoms with Crippen molar-refractivity contribution in [3.05, 3.63) is 10.6 Å². The molecule has 15 heavy (non-hydrogen) atoms. The number of aromatic nitrogens is 3. The van der Waals surface area contributed by atoms with Crippen molar-refractivity contribution >= 4 is 29.2 Å². The van der Waals surface area contributed by atoms with Gasteiger partial charge in [-0.2, -0.15) is 15.0 Å². The second-order valence-electron chi connectivity index (χ2n) is 2.79. The molecule has 5 nitrogen and oxygen atoms in total. The van der Waals surface area contributed by atoms with Crippen molar-refractivity contribution in [3.63, 3.8) is 0 Å². The topological polar surface area (TPSA) is 51.1 Å². The molecule has 0 amide bonds. The van der Waals surface area contributed by atoms with Crippen molar-refractivity contribution < 1.29 is 4.74 Å². The van der Waals surface area contributed by atoms with Crippen LogP contribution in [0.15, 0.2) is 0 Å². The Hall–Kier alpha value is -0.650. The summed E-state index contributed by atoms with van der Waals surface area (Å²) in [6, 6.07) is 0. The van der Waals surface area contributed by atoms with Crippen molar-refractivity contribution in [2.75, 3.05) is 31.7 Å². The van der Waals surface area contributed by atoms with Crippen molar-refractivity contribution in [3.8, 4) is 0 Å². The van der Waals surface area contributed by atoms with Crippen LogP contribution in [0.2, 0.25) is 10.6 Å². The van der Waals surface area contributed by atoms with E-state index in [0.717, 1.165) is 0 Å². The highest BCUT2D eigenvalue weighted by Gasteiger charge is 2.07. The Morgan fingerprint density at radius 3 is 2.33 bits per heavy atom. The second-order valence-corrected chi connectivity index (χ2v) is 3.47. The first kappa shape index (κ1) is 12.4. The van der Waals surface area contributed by atoms with Gasteiger partial charge in [0.25, 0.3) is 0 Å². The minimum atomic E-state index is 0.0910. The van der Waals surface area contributed by atoms with Crippen LogP contribution < -0.4 is 4.90 Å². The number of likely N-dealkylation sites (N-methyl/N-ethyl adjacent to an activating group) is 1. The molecule has 0 atom stereocenters. The van der Waals surface area contributed by atoms with Crippen LogP contribution in [0, 0.1) is 0 Å². The smallest absolute Gasteiger partial charge is 0.230 e. The van der Waals surface area contributed by atoms with Gasteiger partial charge in [-0.15, -0.1) is 0 Å². The van der Waals surface area contributed by atoms with E-state index in [0.29, 0.717) is 25.7 Å². The van der Waals surface area contributed by atoms with E-state index in [4.69, 9.17) is 27.9 Å². The molecular formula is C8H12Cl2N4O. The standard InChI is InChI=1S/C8H12Cl2N4O/c1-3-15-5-4-14(2)8-12-6(9)11-7(10)13-8/h3-5H2,1-2H3. The van der Waals surface area contributed by atoms with Gasteiger partial charge in [-0.1, -0.05) is 0 Å². The number of halogens is 2. The summed E-state index contributed by atoms with van der Waals surface area (Å²) >= 11 is 11.3. The average molecular weight is 251 g/mol. The van der Waals surface area contributed by atoms with Crippen molar-refractivity contribution in [2.24, 2.45) is 0 Å². The average Bonchev–Trinajstić information content (AvgIpc) is 2.16. The Kier molecular flexibility index (Phi) is 5.01. The second kappa shape index (κ2) is 6.05. The first-order valence-corrected chi connectivity index (χ1v) is 5.25. The molecule has 1 aromatic heterocycles. The maximum Gasteiger partial charge on any atom is 0.230 e. The molecule has 0 aromatic carbocycles. The molecule has 84 valence electrons. The maximum atomic E-state index is 5.65. The summed E-state index contributed by atoms with van der Waals surface area (Å²) in [6.45, 7) is 3.90. The van der Waals surface area contributed by atoms with Gasteiger partial charge in [0.2, 0.25) is 16.5 Å². The predicted octanol–water partition coefficient (Wildman–Crippen LogP) is 1.65. The zero-order chi connectivity index (χ0) is 11.3. The van der Waals surface area contributed by atoms with Crippen LogP contribution in [0.1, 0.15) is 6.92 Å². The van der Waals surface area contributed by atoms with Gasteiger partial charge in [0.05, 0.1) is 6.61 Å². The van der Waals surface area contributed by atoms with Gasteiger partial charge < -0.3 is 9.64 Å². The van der Waals surface area contributed by atoms with Crippen LogP contribution >= 0.6 is 23.2 Å². The minimum Gasteiger partial charge on any atom is -0.380 e. The number of rotatable bonds is 5. The molecule has 0 saturated heterocycles. The van der Waals surface area contributed by atoms with Gasteiger partial charge >= 0.3 is 0 Å². The highest BCUT2D eigenvalue weighted by Crippen LogP contribution is 2.12. The van der Waals surface area contributed by atoms with E-state index in [9.17, 15) is 0 Å². The third-order valence-corrected chi connectivity index (χ3v) is 2.02. The predicted molar refractivity (Wildman–Crippen MR) is 59.6 cm³/mol. The lowest BCUT2D eigenvalue weighted by Gasteiger charge is -2.16. The molecule has 7 heteroatoms. The van der Waals surface area contributed by atoms with Gasteiger partial charge in [-0.3, -0.25) is 0 Å². The Morgan fingerprint density at radius 2 is 1.80 bits per heavy atom. The molecule has 0 saturated carbocycles. The van der Waals surface area contributed by atoms with E-state index in [1.807, 2.05) is 14.0 Å². The van der Waals surface area contributed by atoms with Crippen molar-refractivity contribution in [2.45, 2.75) is 6.92 Å². The van der Waals surface area contributed by atoms with Gasteiger partial charge in [0.15, 0.2) is 0 Å². The summed E-state index contributed by atoms with van der Waals surface area (Å²) in [5, 5.41) is 0.182. The SMILES string of the molecule is CCOCCN(C)c1nc(Cl)nc(Cl)n1. The molecule has 0 unspecified atom stereocenters. The van der Waals surface area contributed by atoms with E-state index in [2.05, 4.69) is 15.0 Å². The van der Waals surface area contributed by atoms with Gasteiger partial charge in [0.1, 0.15) is 0 Å². The summed E-state index contributed by atoms with van der Waals surface area (Å²) in [4.78, 5) is 13.3. The van der Waals surface area contributed by atoms with Crippen LogP contribution in [0.5, 0.6) is 0 Å². The zero-order valence-corrected chi connectivity index (χ0v) is 10.1. The van der Waals surface area contributed by atoms with E-state index >= 15 is 0 Å². The van der Waals surface area contributed by atoms with E-state index in [1.54, 1.807) is 4.90 Å². The van der Waals surface area contributed by atoms with Crippen LogP contribution in [0.3, 0.4) is 0 Å². The summed E-state index contributed by atoms with van der Waals surface area (Å²) in [5.74, 6) is 0.444. The van der Waals surface area contributed by atoms with Crippen LogP contribution in [0.25, 0.3) is 0 Å². The molecule has 1 rings (SSSR count). The number of nitrogens with zero attached hydrogens (tertiary/aromatic N) is 4. The Balaban J connectivity index is 2.60. The molecule has 0 N–H and O–H groups in total. The molecule has 0 bridgehead atoms. The number of hydrogen-bond donors (Lipinski definition) is 0. The molecule has 0 aliphatic heterocycles. The molecular weight excluding hydrogens is 239 g/mol. The molecule has 1 aromatic rings. The Labute approximate surface area is 98.4 Å². The highest BCUT2D eigenvalue weighted by molar-refractivity contribution is 6.31. The Morgan fingerprint density at radius 1 is 1.20 bits per heavy atom. The molecule has 0 aliphatic carbocycles. The Bertz CT molecular complexity index is 303. The summed E-state index contributed by atoms with van der Waals surface area (Å²) in [7, 11) is 1.83. The minimum absolute atomic E-state index is 0.0910. The first-order valence-electron chi connectivity index (χ1n) is 4.49.